The minimum absolute atomic E-state index is 0.0118. The van der Waals surface area contributed by atoms with Crippen molar-refractivity contribution in [3.05, 3.63) is 58.8 Å². The lowest BCUT2D eigenvalue weighted by Gasteiger charge is -2.14. The van der Waals surface area contributed by atoms with Gasteiger partial charge < -0.3 is 9.30 Å². The van der Waals surface area contributed by atoms with Crippen LogP contribution in [0.1, 0.15) is 6.42 Å². The molecule has 1 aromatic heterocycles. The number of alkyl halides is 2. The second-order valence-electron chi connectivity index (χ2n) is 6.29. The van der Waals surface area contributed by atoms with Gasteiger partial charge in [0.05, 0.1) is 17.6 Å². The van der Waals surface area contributed by atoms with Crippen LogP contribution in [-0.2, 0) is 16.1 Å². The van der Waals surface area contributed by atoms with Crippen LogP contribution in [0.4, 0.5) is 0 Å². The summed E-state index contributed by atoms with van der Waals surface area (Å²) in [5.41, 5.74) is 1.38. The summed E-state index contributed by atoms with van der Waals surface area (Å²) in [7, 11) is 0. The van der Waals surface area contributed by atoms with Crippen LogP contribution < -0.4 is 5.43 Å². The number of pyridine rings is 1. The molecule has 0 bridgehead atoms. The molecule has 1 heterocycles. The highest BCUT2D eigenvalue weighted by Crippen LogP contribution is 2.53. The van der Waals surface area contributed by atoms with Gasteiger partial charge >= 0.3 is 5.97 Å². The molecule has 1 aliphatic rings. The molecule has 6 heteroatoms. The molecule has 0 aliphatic heterocycles. The first kappa shape index (κ1) is 16.4. The molecule has 0 saturated heterocycles. The summed E-state index contributed by atoms with van der Waals surface area (Å²) in [6.45, 7) is 0.230. The highest BCUT2D eigenvalue weighted by atomic mass is 35.5. The van der Waals surface area contributed by atoms with Gasteiger partial charge in [0.1, 0.15) is 10.9 Å². The number of rotatable bonds is 4. The third kappa shape index (κ3) is 3.00. The highest BCUT2D eigenvalue weighted by Gasteiger charge is 2.52. The van der Waals surface area contributed by atoms with Crippen LogP contribution >= 0.6 is 23.2 Å². The largest absolute Gasteiger partial charge is 0.464 e. The summed E-state index contributed by atoms with van der Waals surface area (Å²) in [5.74, 6) is -0.391. The van der Waals surface area contributed by atoms with Gasteiger partial charge in [-0.1, -0.05) is 24.3 Å². The van der Waals surface area contributed by atoms with E-state index in [4.69, 9.17) is 27.9 Å². The number of para-hydroxylation sites is 2. The van der Waals surface area contributed by atoms with Gasteiger partial charge in [0.2, 0.25) is 0 Å². The van der Waals surface area contributed by atoms with E-state index in [0.717, 1.165) is 0 Å². The van der Waals surface area contributed by atoms with Crippen molar-refractivity contribution in [2.45, 2.75) is 17.3 Å². The van der Waals surface area contributed by atoms with E-state index < -0.39 is 4.33 Å². The average molecular weight is 376 g/mol. The summed E-state index contributed by atoms with van der Waals surface area (Å²) >= 11 is 11.9. The van der Waals surface area contributed by atoms with Crippen LogP contribution in [0.25, 0.3) is 21.8 Å². The molecule has 0 unspecified atom stereocenters. The molecule has 0 amide bonds. The molecular weight excluding hydrogens is 361 g/mol. The number of carbonyl (C=O) groups is 1. The summed E-state index contributed by atoms with van der Waals surface area (Å²) in [4.78, 5) is 25.0. The number of nitrogens with zero attached hydrogens (tertiary/aromatic N) is 1. The Balaban J connectivity index is 1.71. The summed E-state index contributed by atoms with van der Waals surface area (Å²) in [6.07, 6.45) is 0.632. The van der Waals surface area contributed by atoms with Gasteiger partial charge in [0, 0.05) is 16.7 Å². The van der Waals surface area contributed by atoms with Crippen molar-refractivity contribution < 1.29 is 9.53 Å². The Morgan fingerprint density at radius 3 is 2.12 bits per heavy atom. The first-order valence-corrected chi connectivity index (χ1v) is 8.77. The van der Waals surface area contributed by atoms with Crippen LogP contribution in [0.3, 0.4) is 0 Å². The van der Waals surface area contributed by atoms with Gasteiger partial charge in [-0.2, -0.15) is 0 Å². The summed E-state index contributed by atoms with van der Waals surface area (Å²) in [6, 6.07) is 14.5. The third-order valence-electron chi connectivity index (χ3n) is 4.57. The molecule has 2 aromatic carbocycles. The van der Waals surface area contributed by atoms with E-state index in [1.807, 2.05) is 41.0 Å². The predicted octanol–water partition coefficient (Wildman–Crippen LogP) is 3.89. The number of ether oxygens (including phenoxy) is 1. The number of esters is 1. The van der Waals surface area contributed by atoms with Crippen molar-refractivity contribution in [2.24, 2.45) is 5.92 Å². The standard InChI is InChI=1S/C19H15Cl2NO3/c20-19(21)9-12(19)11-25-17(23)10-22-15-7-3-1-5-13(15)18(24)14-6-2-4-8-16(14)22/h1-8,12H,9-11H2/t12-/m1/s1. The minimum Gasteiger partial charge on any atom is -0.464 e. The number of fused-ring (bicyclic) bond motifs is 2. The van der Waals surface area contributed by atoms with Gasteiger partial charge in [-0.05, 0) is 30.7 Å². The molecule has 1 saturated carbocycles. The molecule has 25 heavy (non-hydrogen) atoms. The van der Waals surface area contributed by atoms with E-state index in [9.17, 15) is 9.59 Å². The third-order valence-corrected chi connectivity index (χ3v) is 5.49. The minimum atomic E-state index is -0.767. The fourth-order valence-corrected chi connectivity index (χ4v) is 3.56. The summed E-state index contributed by atoms with van der Waals surface area (Å²) < 4.78 is 6.38. The maximum Gasteiger partial charge on any atom is 0.325 e. The van der Waals surface area contributed by atoms with E-state index in [1.54, 1.807) is 12.1 Å². The number of benzene rings is 2. The smallest absolute Gasteiger partial charge is 0.325 e. The lowest BCUT2D eigenvalue weighted by molar-refractivity contribution is -0.144. The van der Waals surface area contributed by atoms with Gasteiger partial charge in [0.25, 0.3) is 0 Å². The van der Waals surface area contributed by atoms with Crippen molar-refractivity contribution in [3.63, 3.8) is 0 Å². The predicted molar refractivity (Wildman–Crippen MR) is 99.2 cm³/mol. The Morgan fingerprint density at radius 1 is 1.08 bits per heavy atom. The monoisotopic (exact) mass is 375 g/mol. The molecule has 0 spiro atoms. The molecule has 1 fully saturated rings. The lowest BCUT2D eigenvalue weighted by atomic mass is 10.1. The molecule has 1 atom stereocenters. The van der Waals surface area contributed by atoms with Crippen LogP contribution in [0, 0.1) is 5.92 Å². The number of halogens is 2. The number of hydrogen-bond acceptors (Lipinski definition) is 3. The van der Waals surface area contributed by atoms with E-state index in [1.165, 1.54) is 0 Å². The maximum absolute atomic E-state index is 12.7. The van der Waals surface area contributed by atoms with Crippen molar-refractivity contribution >= 4 is 51.0 Å². The molecule has 128 valence electrons. The van der Waals surface area contributed by atoms with Crippen molar-refractivity contribution in [1.82, 2.24) is 4.57 Å². The fraction of sp³-hybridized carbons (Fsp3) is 0.263. The molecule has 0 N–H and O–H groups in total. The molecule has 4 rings (SSSR count). The lowest BCUT2D eigenvalue weighted by Crippen LogP contribution is -2.19. The number of carbonyl (C=O) groups excluding carboxylic acids is 1. The Hall–Kier alpha value is -2.04. The zero-order valence-corrected chi connectivity index (χ0v) is 14.8. The first-order valence-electron chi connectivity index (χ1n) is 8.01. The Morgan fingerprint density at radius 2 is 1.60 bits per heavy atom. The van der Waals surface area contributed by atoms with Gasteiger partial charge in [-0.25, -0.2) is 0 Å². The maximum atomic E-state index is 12.7. The SMILES string of the molecule is O=C(Cn1c2ccccc2c(=O)c2ccccc21)OC[C@H]1CC1(Cl)Cl. The molecular formula is C19H15Cl2NO3. The second-order valence-corrected chi connectivity index (χ2v) is 7.84. The number of hydrogen-bond donors (Lipinski definition) is 0. The summed E-state index contributed by atoms with van der Waals surface area (Å²) in [5, 5.41) is 1.16. The zero-order valence-electron chi connectivity index (χ0n) is 13.2. The Labute approximate surface area is 153 Å². The Bertz CT molecular complexity index is 982. The quantitative estimate of drug-likeness (QED) is 0.394. The number of aromatic nitrogens is 1. The van der Waals surface area contributed by atoms with Gasteiger partial charge in [0.15, 0.2) is 5.43 Å². The molecule has 0 radical (unpaired) electrons. The van der Waals surface area contributed by atoms with E-state index in [0.29, 0.717) is 28.2 Å². The van der Waals surface area contributed by atoms with Crippen molar-refractivity contribution in [1.29, 1.82) is 0 Å². The fourth-order valence-electron chi connectivity index (χ4n) is 3.07. The average Bonchev–Trinajstić information content (AvgIpc) is 3.23. The zero-order chi connectivity index (χ0) is 17.6. The van der Waals surface area contributed by atoms with E-state index >= 15 is 0 Å². The second kappa shape index (κ2) is 6.04. The molecule has 1 aliphatic carbocycles. The molecule has 4 nitrogen and oxygen atoms in total. The highest BCUT2D eigenvalue weighted by molar-refractivity contribution is 6.50. The van der Waals surface area contributed by atoms with Crippen LogP contribution in [0.2, 0.25) is 0 Å². The van der Waals surface area contributed by atoms with Crippen LogP contribution in [-0.4, -0.2) is 21.5 Å². The Kier molecular flexibility index (Phi) is 3.97. The van der Waals surface area contributed by atoms with Gasteiger partial charge in [-0.15, -0.1) is 23.2 Å². The van der Waals surface area contributed by atoms with Crippen LogP contribution in [0.15, 0.2) is 53.3 Å². The van der Waals surface area contributed by atoms with Gasteiger partial charge in [-0.3, -0.25) is 9.59 Å². The van der Waals surface area contributed by atoms with Crippen LogP contribution in [0.5, 0.6) is 0 Å². The van der Waals surface area contributed by atoms with E-state index in [-0.39, 0.29) is 30.5 Å². The molecule has 3 aromatic rings. The van der Waals surface area contributed by atoms with E-state index in [2.05, 4.69) is 0 Å². The topological polar surface area (TPSA) is 48.3 Å². The van der Waals surface area contributed by atoms with Crippen molar-refractivity contribution in [3.8, 4) is 0 Å². The first-order chi connectivity index (χ1) is 12.0. The normalized spacial score (nSPS) is 18.4. The van der Waals surface area contributed by atoms with Crippen molar-refractivity contribution in [2.75, 3.05) is 6.61 Å².